The third-order valence-corrected chi connectivity index (χ3v) is 7.41. The van der Waals surface area contributed by atoms with Gasteiger partial charge in [0.25, 0.3) is 0 Å². The first-order valence-corrected chi connectivity index (χ1v) is 14.6. The fraction of sp³-hybridized carbons (Fsp3) is 0.278. The summed E-state index contributed by atoms with van der Waals surface area (Å²) >= 11 is 6.64. The molecule has 42 heavy (non-hydrogen) atoms. The van der Waals surface area contributed by atoms with E-state index in [-0.39, 0.29) is 18.3 Å². The van der Waals surface area contributed by atoms with E-state index in [1.807, 2.05) is 67.6 Å². The second-order valence-electron chi connectivity index (χ2n) is 9.97. The Morgan fingerprint density at radius 3 is 2.05 bits per heavy atom. The number of hydrogen-bond acceptors (Lipinski definition) is 5. The van der Waals surface area contributed by atoms with Crippen LogP contribution in [0.5, 0.6) is 5.75 Å². The Kier molecular flexibility index (Phi) is 12.0. The van der Waals surface area contributed by atoms with Crippen molar-refractivity contribution >= 4 is 11.6 Å². The zero-order valence-electron chi connectivity index (χ0n) is 24.2. The second-order valence-corrected chi connectivity index (χ2v) is 10.4. The van der Waals surface area contributed by atoms with Crippen molar-refractivity contribution in [1.29, 1.82) is 0 Å². The SMILES string of the molecule is C=C1O[C@@H](c2ccc(Cl)c(Cc3ccc(OCC)cc3)c2)CC(OCc2ccccc2)[C@@H]1OCc1ccccc1.CO. The van der Waals surface area contributed by atoms with Crippen LogP contribution in [0.4, 0.5) is 0 Å². The van der Waals surface area contributed by atoms with E-state index in [1.165, 1.54) is 0 Å². The van der Waals surface area contributed by atoms with Gasteiger partial charge < -0.3 is 24.1 Å². The van der Waals surface area contributed by atoms with Gasteiger partial charge in [-0.3, -0.25) is 0 Å². The topological polar surface area (TPSA) is 57.2 Å². The van der Waals surface area contributed by atoms with Crippen molar-refractivity contribution in [1.82, 2.24) is 0 Å². The molecule has 1 fully saturated rings. The predicted octanol–water partition coefficient (Wildman–Crippen LogP) is 8.08. The summed E-state index contributed by atoms with van der Waals surface area (Å²) in [4.78, 5) is 0. The number of rotatable bonds is 11. The first kappa shape index (κ1) is 31.3. The molecule has 5 rings (SSSR count). The van der Waals surface area contributed by atoms with E-state index < -0.39 is 0 Å². The van der Waals surface area contributed by atoms with Crippen LogP contribution in [0.15, 0.2) is 115 Å². The fourth-order valence-electron chi connectivity index (χ4n) is 4.96. The zero-order chi connectivity index (χ0) is 29.7. The van der Waals surface area contributed by atoms with Crippen LogP contribution in [-0.2, 0) is 33.8 Å². The molecule has 0 amide bonds. The van der Waals surface area contributed by atoms with Gasteiger partial charge in [-0.05, 0) is 59.4 Å². The summed E-state index contributed by atoms with van der Waals surface area (Å²) in [5.74, 6) is 1.44. The molecule has 0 bridgehead atoms. The van der Waals surface area contributed by atoms with Gasteiger partial charge in [0.1, 0.15) is 23.7 Å². The van der Waals surface area contributed by atoms with Crippen molar-refractivity contribution in [3.8, 4) is 5.75 Å². The van der Waals surface area contributed by atoms with E-state index in [1.54, 1.807) is 0 Å². The summed E-state index contributed by atoms with van der Waals surface area (Å²) in [5.41, 5.74) is 5.45. The highest BCUT2D eigenvalue weighted by molar-refractivity contribution is 6.31. The van der Waals surface area contributed by atoms with Crippen LogP contribution >= 0.6 is 11.6 Å². The van der Waals surface area contributed by atoms with E-state index in [0.29, 0.717) is 38.4 Å². The molecule has 3 atom stereocenters. The largest absolute Gasteiger partial charge is 0.494 e. The standard InChI is InChI=1S/C35H35ClO4.CH4O/c1-3-37-31-17-14-26(15-18-31)20-30-21-29(16-19-32(30)36)33-22-34(38-23-27-10-6-4-7-11-27)35(25(2)40-33)39-24-28-12-8-5-9-13-28;1-2/h4-19,21,33-35H,2-3,20,22-24H2,1H3;2H,1H3/t33-,34?,35-;/m1./s1. The maximum absolute atomic E-state index is 7.00. The summed E-state index contributed by atoms with van der Waals surface area (Å²) < 4.78 is 24.8. The van der Waals surface area contributed by atoms with Crippen LogP contribution in [0, 0.1) is 0 Å². The highest BCUT2D eigenvalue weighted by Gasteiger charge is 2.37. The van der Waals surface area contributed by atoms with E-state index in [9.17, 15) is 0 Å². The van der Waals surface area contributed by atoms with Gasteiger partial charge in [0.05, 0.1) is 25.9 Å². The molecule has 5 nitrogen and oxygen atoms in total. The fourth-order valence-corrected chi connectivity index (χ4v) is 5.14. The Morgan fingerprint density at radius 1 is 0.810 bits per heavy atom. The van der Waals surface area contributed by atoms with Crippen LogP contribution in [0.1, 0.15) is 47.3 Å². The molecule has 0 radical (unpaired) electrons. The van der Waals surface area contributed by atoms with Crippen LogP contribution in [-0.4, -0.2) is 31.0 Å². The van der Waals surface area contributed by atoms with Crippen molar-refractivity contribution in [3.05, 3.63) is 148 Å². The van der Waals surface area contributed by atoms with Gasteiger partial charge in [-0.2, -0.15) is 0 Å². The van der Waals surface area contributed by atoms with Crippen molar-refractivity contribution in [3.63, 3.8) is 0 Å². The minimum atomic E-state index is -0.379. The maximum atomic E-state index is 7.00. The molecule has 6 heteroatoms. The minimum Gasteiger partial charge on any atom is -0.494 e. The smallest absolute Gasteiger partial charge is 0.141 e. The van der Waals surface area contributed by atoms with Gasteiger partial charge in [0.15, 0.2) is 0 Å². The molecular weight excluding hydrogens is 548 g/mol. The van der Waals surface area contributed by atoms with Crippen molar-refractivity contribution < 1.29 is 24.1 Å². The summed E-state index contributed by atoms with van der Waals surface area (Å²) in [6, 6.07) is 34.6. The number of aliphatic hydroxyl groups excluding tert-OH is 1. The molecule has 0 saturated carbocycles. The van der Waals surface area contributed by atoms with Crippen LogP contribution in [0.2, 0.25) is 5.02 Å². The molecule has 1 unspecified atom stereocenters. The van der Waals surface area contributed by atoms with Crippen LogP contribution in [0.25, 0.3) is 0 Å². The number of hydrogen-bond donors (Lipinski definition) is 1. The summed E-state index contributed by atoms with van der Waals surface area (Å²) in [5, 5.41) is 7.73. The highest BCUT2D eigenvalue weighted by Crippen LogP contribution is 2.38. The Hall–Kier alpha value is -3.61. The minimum absolute atomic E-state index is 0.221. The Labute approximate surface area is 254 Å². The van der Waals surface area contributed by atoms with Crippen LogP contribution < -0.4 is 4.74 Å². The molecule has 1 N–H and O–H groups in total. The molecule has 1 heterocycles. The second kappa shape index (κ2) is 16.1. The lowest BCUT2D eigenvalue weighted by atomic mass is 9.93. The Balaban J connectivity index is 0.00000198. The van der Waals surface area contributed by atoms with Crippen molar-refractivity contribution in [2.24, 2.45) is 0 Å². The lowest BCUT2D eigenvalue weighted by Crippen LogP contribution is -2.40. The Morgan fingerprint density at radius 2 is 1.43 bits per heavy atom. The maximum Gasteiger partial charge on any atom is 0.141 e. The molecule has 0 aliphatic carbocycles. The molecule has 0 aromatic heterocycles. The average molecular weight is 587 g/mol. The van der Waals surface area contributed by atoms with E-state index >= 15 is 0 Å². The highest BCUT2D eigenvalue weighted by atomic mass is 35.5. The van der Waals surface area contributed by atoms with Gasteiger partial charge in [-0.15, -0.1) is 0 Å². The molecule has 0 spiro atoms. The lowest BCUT2D eigenvalue weighted by Gasteiger charge is -2.38. The number of aliphatic hydroxyl groups is 1. The van der Waals surface area contributed by atoms with Gasteiger partial charge in [0.2, 0.25) is 0 Å². The van der Waals surface area contributed by atoms with Gasteiger partial charge in [-0.25, -0.2) is 0 Å². The zero-order valence-corrected chi connectivity index (χ0v) is 25.0. The molecular formula is C36H39ClO5. The summed E-state index contributed by atoms with van der Waals surface area (Å²) in [6.07, 6.45) is 0.524. The third kappa shape index (κ3) is 8.70. The summed E-state index contributed by atoms with van der Waals surface area (Å²) in [6.45, 7) is 7.83. The molecule has 4 aromatic carbocycles. The normalized spacial score (nSPS) is 18.0. The Bertz CT molecular complexity index is 1380. The third-order valence-electron chi connectivity index (χ3n) is 7.04. The molecule has 1 aliphatic heterocycles. The molecule has 1 saturated heterocycles. The van der Waals surface area contributed by atoms with E-state index in [2.05, 4.69) is 49.0 Å². The quantitative estimate of drug-likeness (QED) is 0.192. The van der Waals surface area contributed by atoms with Gasteiger partial charge >= 0.3 is 0 Å². The summed E-state index contributed by atoms with van der Waals surface area (Å²) in [7, 11) is 1.00. The molecule has 1 aliphatic rings. The van der Waals surface area contributed by atoms with E-state index in [0.717, 1.165) is 45.7 Å². The molecule has 220 valence electrons. The number of benzene rings is 4. The van der Waals surface area contributed by atoms with E-state index in [4.69, 9.17) is 35.7 Å². The first-order valence-electron chi connectivity index (χ1n) is 14.2. The van der Waals surface area contributed by atoms with Gasteiger partial charge in [0, 0.05) is 18.6 Å². The number of ether oxygens (including phenoxy) is 4. The van der Waals surface area contributed by atoms with Crippen molar-refractivity contribution in [2.75, 3.05) is 13.7 Å². The lowest BCUT2D eigenvalue weighted by molar-refractivity contribution is -0.139. The number of halogens is 1. The molecule has 4 aromatic rings. The average Bonchev–Trinajstić information content (AvgIpc) is 3.03. The monoisotopic (exact) mass is 586 g/mol. The van der Waals surface area contributed by atoms with Gasteiger partial charge in [-0.1, -0.05) is 103 Å². The van der Waals surface area contributed by atoms with Crippen molar-refractivity contribution in [2.45, 2.75) is 51.3 Å². The van der Waals surface area contributed by atoms with Crippen LogP contribution in [0.3, 0.4) is 0 Å². The predicted molar refractivity (Wildman–Crippen MR) is 168 cm³/mol. The first-order chi connectivity index (χ1) is 20.6.